The van der Waals surface area contributed by atoms with E-state index < -0.39 is 0 Å². The van der Waals surface area contributed by atoms with Crippen LogP contribution in [0.4, 0.5) is 0 Å². The topological polar surface area (TPSA) is 50.6 Å². The molecule has 1 amide bonds. The van der Waals surface area contributed by atoms with Gasteiger partial charge in [0.1, 0.15) is 5.69 Å². The number of rotatable bonds is 5. The Hall–Kier alpha value is -2.96. The van der Waals surface area contributed by atoms with E-state index in [1.165, 1.54) is 0 Å². The van der Waals surface area contributed by atoms with E-state index in [4.69, 9.17) is 9.84 Å². The highest BCUT2D eigenvalue weighted by Crippen LogP contribution is 2.26. The predicted octanol–water partition coefficient (Wildman–Crippen LogP) is 3.78. The number of aryl methyl sites for hydroxylation is 1. The van der Waals surface area contributed by atoms with Gasteiger partial charge in [-0.25, -0.2) is 4.68 Å². The first-order valence-electron chi connectivity index (χ1n) is 11.5. The number of para-hydroxylation sites is 1. The second kappa shape index (κ2) is 9.27. The lowest BCUT2D eigenvalue weighted by Crippen LogP contribution is -2.50. The van der Waals surface area contributed by atoms with E-state index in [1.807, 2.05) is 58.2 Å². The molecule has 0 N–H and O–H groups in total. The number of nitrogens with zero attached hydrogens (tertiary/aromatic N) is 4. The smallest absolute Gasteiger partial charge is 0.257 e. The van der Waals surface area contributed by atoms with Gasteiger partial charge >= 0.3 is 0 Å². The van der Waals surface area contributed by atoms with E-state index in [0.717, 1.165) is 74.7 Å². The maximum atomic E-state index is 13.6. The van der Waals surface area contributed by atoms with Crippen molar-refractivity contribution < 1.29 is 9.53 Å². The van der Waals surface area contributed by atoms with Crippen LogP contribution in [-0.4, -0.2) is 70.9 Å². The van der Waals surface area contributed by atoms with E-state index >= 15 is 0 Å². The summed E-state index contributed by atoms with van der Waals surface area (Å²) in [5, 5.41) is 4.83. The van der Waals surface area contributed by atoms with Crippen molar-refractivity contribution in [2.45, 2.75) is 25.9 Å². The third-order valence-corrected chi connectivity index (χ3v) is 6.40. The van der Waals surface area contributed by atoms with Gasteiger partial charge in [-0.1, -0.05) is 42.0 Å². The highest BCUT2D eigenvalue weighted by atomic mass is 16.5. The predicted molar refractivity (Wildman–Crippen MR) is 125 cm³/mol. The summed E-state index contributed by atoms with van der Waals surface area (Å²) in [6.07, 6.45) is 4.55. The first kappa shape index (κ1) is 20.9. The lowest BCUT2D eigenvalue weighted by atomic mass is 10.0. The Balaban J connectivity index is 1.38. The summed E-state index contributed by atoms with van der Waals surface area (Å²) >= 11 is 0. The van der Waals surface area contributed by atoms with Crippen molar-refractivity contribution in [3.05, 3.63) is 71.9 Å². The van der Waals surface area contributed by atoms with Crippen molar-refractivity contribution >= 4 is 5.91 Å². The summed E-state index contributed by atoms with van der Waals surface area (Å²) in [5.74, 6) is 0.0560. The van der Waals surface area contributed by atoms with Crippen LogP contribution in [0.3, 0.4) is 0 Å². The molecule has 2 fully saturated rings. The van der Waals surface area contributed by atoms with E-state index in [9.17, 15) is 4.79 Å². The van der Waals surface area contributed by atoms with Crippen molar-refractivity contribution in [3.63, 3.8) is 0 Å². The Bertz CT molecular complexity index is 1060. The van der Waals surface area contributed by atoms with Gasteiger partial charge in [0.15, 0.2) is 0 Å². The molecule has 0 radical (unpaired) electrons. The molecule has 0 bridgehead atoms. The molecule has 0 aliphatic carbocycles. The number of carbonyl (C=O) groups is 1. The van der Waals surface area contributed by atoms with Crippen molar-refractivity contribution in [1.29, 1.82) is 0 Å². The van der Waals surface area contributed by atoms with Crippen molar-refractivity contribution in [3.8, 4) is 16.9 Å². The first-order valence-corrected chi connectivity index (χ1v) is 11.5. The number of benzene rings is 2. The van der Waals surface area contributed by atoms with E-state index in [2.05, 4.69) is 24.0 Å². The Labute approximate surface area is 189 Å². The molecule has 166 valence electrons. The molecule has 6 nitrogen and oxygen atoms in total. The van der Waals surface area contributed by atoms with Gasteiger partial charge in [0.05, 0.1) is 17.4 Å². The molecule has 2 aliphatic heterocycles. The zero-order chi connectivity index (χ0) is 21.9. The number of amides is 1. The number of hydrogen-bond acceptors (Lipinski definition) is 4. The van der Waals surface area contributed by atoms with Crippen LogP contribution in [0, 0.1) is 6.92 Å². The Morgan fingerprint density at radius 1 is 1.06 bits per heavy atom. The molecule has 3 aromatic rings. The first-order chi connectivity index (χ1) is 15.7. The number of hydrogen-bond donors (Lipinski definition) is 0. The largest absolute Gasteiger partial charge is 0.377 e. The minimum absolute atomic E-state index is 0.0560. The lowest BCUT2D eigenvalue weighted by molar-refractivity contribution is 0.0433. The molecule has 1 unspecified atom stereocenters. The summed E-state index contributed by atoms with van der Waals surface area (Å²) in [7, 11) is 0. The van der Waals surface area contributed by atoms with E-state index in [0.29, 0.717) is 11.7 Å². The standard InChI is InChI=1S/C26H30N4O2/c1-20-7-5-8-21(17-20)25-24(19-30(27-25)22-9-3-2-4-10-22)26(31)29-14-12-28(13-15-29)18-23-11-6-16-32-23/h2-5,7-10,17,19,23H,6,11-16,18H2,1H3. The molecular formula is C26H30N4O2. The van der Waals surface area contributed by atoms with Gasteiger partial charge in [-0.05, 0) is 38.0 Å². The van der Waals surface area contributed by atoms with Crippen LogP contribution >= 0.6 is 0 Å². The Morgan fingerprint density at radius 3 is 2.59 bits per heavy atom. The summed E-state index contributed by atoms with van der Waals surface area (Å²) in [6.45, 7) is 7.16. The quantitative estimate of drug-likeness (QED) is 0.618. The minimum Gasteiger partial charge on any atom is -0.377 e. The molecule has 5 rings (SSSR count). The molecule has 2 aliphatic rings. The van der Waals surface area contributed by atoms with Crippen molar-refractivity contribution in [2.75, 3.05) is 39.3 Å². The number of carbonyl (C=O) groups excluding carboxylic acids is 1. The van der Waals surface area contributed by atoms with Crippen LogP contribution in [0.15, 0.2) is 60.8 Å². The average molecular weight is 431 g/mol. The zero-order valence-electron chi connectivity index (χ0n) is 18.6. The molecule has 3 heterocycles. The number of piperazine rings is 1. The van der Waals surface area contributed by atoms with Crippen LogP contribution in [-0.2, 0) is 4.74 Å². The summed E-state index contributed by atoms with van der Waals surface area (Å²) < 4.78 is 7.60. The molecule has 1 atom stereocenters. The van der Waals surface area contributed by atoms with Crippen molar-refractivity contribution in [1.82, 2.24) is 19.6 Å². The fraction of sp³-hybridized carbons (Fsp3) is 0.385. The van der Waals surface area contributed by atoms with Gasteiger partial charge in [0.2, 0.25) is 0 Å². The lowest BCUT2D eigenvalue weighted by Gasteiger charge is -2.35. The van der Waals surface area contributed by atoms with Crippen LogP contribution < -0.4 is 0 Å². The highest BCUT2D eigenvalue weighted by Gasteiger charge is 2.28. The maximum absolute atomic E-state index is 13.6. The number of ether oxygens (including phenoxy) is 1. The molecule has 6 heteroatoms. The molecule has 2 aromatic carbocycles. The van der Waals surface area contributed by atoms with Crippen LogP contribution in [0.2, 0.25) is 0 Å². The summed E-state index contributed by atoms with van der Waals surface area (Å²) in [4.78, 5) is 18.0. The second-order valence-electron chi connectivity index (χ2n) is 8.77. The van der Waals surface area contributed by atoms with Gasteiger partial charge in [-0.2, -0.15) is 5.10 Å². The van der Waals surface area contributed by atoms with Crippen molar-refractivity contribution in [2.24, 2.45) is 0 Å². The van der Waals surface area contributed by atoms with Gasteiger partial charge in [-0.3, -0.25) is 9.69 Å². The maximum Gasteiger partial charge on any atom is 0.257 e. The SMILES string of the molecule is Cc1cccc(-c2nn(-c3ccccc3)cc2C(=O)N2CCN(CC3CCCO3)CC2)c1. The van der Waals surface area contributed by atoms with Crippen LogP contribution in [0.1, 0.15) is 28.8 Å². The van der Waals surface area contributed by atoms with Crippen LogP contribution in [0.25, 0.3) is 16.9 Å². The van der Waals surface area contributed by atoms with Gasteiger partial charge in [-0.15, -0.1) is 0 Å². The molecule has 32 heavy (non-hydrogen) atoms. The fourth-order valence-corrected chi connectivity index (χ4v) is 4.63. The monoisotopic (exact) mass is 430 g/mol. The number of aromatic nitrogens is 2. The normalized spacial score (nSPS) is 19.4. The van der Waals surface area contributed by atoms with Crippen LogP contribution in [0.5, 0.6) is 0 Å². The third kappa shape index (κ3) is 4.47. The summed E-state index contributed by atoms with van der Waals surface area (Å²) in [5.41, 5.74) is 4.47. The second-order valence-corrected chi connectivity index (χ2v) is 8.77. The summed E-state index contributed by atoms with van der Waals surface area (Å²) in [6, 6.07) is 18.2. The Kier molecular flexibility index (Phi) is 6.06. The molecule has 2 saturated heterocycles. The van der Waals surface area contributed by atoms with Gasteiger partial charge < -0.3 is 9.64 Å². The third-order valence-electron chi connectivity index (χ3n) is 6.40. The minimum atomic E-state index is 0.0560. The van der Waals surface area contributed by atoms with Gasteiger partial charge in [0.25, 0.3) is 5.91 Å². The molecule has 1 aromatic heterocycles. The van der Waals surface area contributed by atoms with E-state index in [-0.39, 0.29) is 5.91 Å². The Morgan fingerprint density at radius 2 is 1.88 bits per heavy atom. The van der Waals surface area contributed by atoms with E-state index in [1.54, 1.807) is 0 Å². The zero-order valence-corrected chi connectivity index (χ0v) is 18.6. The highest BCUT2D eigenvalue weighted by molar-refractivity contribution is 6.00. The average Bonchev–Trinajstić information content (AvgIpc) is 3.50. The molecule has 0 spiro atoms. The van der Waals surface area contributed by atoms with Gasteiger partial charge in [0, 0.05) is 51.1 Å². The molecular weight excluding hydrogens is 400 g/mol. The fourth-order valence-electron chi connectivity index (χ4n) is 4.63. The molecule has 0 saturated carbocycles.